The van der Waals surface area contributed by atoms with Gasteiger partial charge in [0.15, 0.2) is 0 Å². The first kappa shape index (κ1) is 13.5. The monoisotopic (exact) mass is 241 g/mol. The standard InChI is InChI=1S/C12H19NO4/c1-7-6-9(8(2)16-10(7)14)13-11(15)17-12(3,4)5/h6,8-9H,1-5H3,(H,13,15)/t8-,9-/m1/s1. The lowest BCUT2D eigenvalue weighted by Gasteiger charge is -2.28. The van der Waals surface area contributed by atoms with E-state index >= 15 is 0 Å². The molecule has 1 aliphatic heterocycles. The van der Waals surface area contributed by atoms with E-state index < -0.39 is 17.8 Å². The average molecular weight is 241 g/mol. The lowest BCUT2D eigenvalue weighted by Crippen LogP contribution is -2.47. The normalized spacial score (nSPS) is 24.8. The highest BCUT2D eigenvalue weighted by Gasteiger charge is 2.28. The molecule has 1 N–H and O–H groups in total. The number of hydrogen-bond acceptors (Lipinski definition) is 4. The van der Waals surface area contributed by atoms with E-state index in [1.165, 1.54) is 0 Å². The number of alkyl carbamates (subject to hydrolysis) is 1. The number of carbonyl (C=O) groups is 2. The molecule has 0 fully saturated rings. The van der Waals surface area contributed by atoms with Crippen molar-refractivity contribution in [1.82, 2.24) is 5.32 Å². The van der Waals surface area contributed by atoms with Gasteiger partial charge in [-0.05, 0) is 40.7 Å². The molecule has 0 spiro atoms. The molecule has 0 aromatic carbocycles. The largest absolute Gasteiger partial charge is 0.457 e. The summed E-state index contributed by atoms with van der Waals surface area (Å²) in [5.74, 6) is -0.347. The van der Waals surface area contributed by atoms with Gasteiger partial charge >= 0.3 is 12.1 Å². The average Bonchev–Trinajstić information content (AvgIpc) is 2.11. The van der Waals surface area contributed by atoms with Crippen molar-refractivity contribution in [2.45, 2.75) is 52.4 Å². The van der Waals surface area contributed by atoms with E-state index in [-0.39, 0.29) is 12.0 Å². The van der Waals surface area contributed by atoms with E-state index in [0.29, 0.717) is 5.57 Å². The molecule has 0 bridgehead atoms. The van der Waals surface area contributed by atoms with Gasteiger partial charge in [-0.15, -0.1) is 0 Å². The maximum absolute atomic E-state index is 11.6. The Labute approximate surface area is 101 Å². The van der Waals surface area contributed by atoms with Gasteiger partial charge in [0, 0.05) is 5.57 Å². The van der Waals surface area contributed by atoms with E-state index in [1.54, 1.807) is 40.7 Å². The van der Waals surface area contributed by atoms with Crippen molar-refractivity contribution in [3.63, 3.8) is 0 Å². The molecule has 0 aromatic heterocycles. The van der Waals surface area contributed by atoms with Crippen LogP contribution in [-0.2, 0) is 14.3 Å². The molecule has 2 atom stereocenters. The third kappa shape index (κ3) is 4.09. The van der Waals surface area contributed by atoms with Gasteiger partial charge in [0.25, 0.3) is 0 Å². The second-order valence-corrected chi connectivity index (χ2v) is 5.13. The first-order valence-corrected chi connectivity index (χ1v) is 5.58. The van der Waals surface area contributed by atoms with Crippen LogP contribution in [0.3, 0.4) is 0 Å². The Morgan fingerprint density at radius 1 is 1.47 bits per heavy atom. The third-order valence-electron chi connectivity index (χ3n) is 2.23. The van der Waals surface area contributed by atoms with Crippen LogP contribution in [0.25, 0.3) is 0 Å². The quantitative estimate of drug-likeness (QED) is 0.711. The van der Waals surface area contributed by atoms with Gasteiger partial charge in [-0.2, -0.15) is 0 Å². The van der Waals surface area contributed by atoms with Crippen molar-refractivity contribution in [3.8, 4) is 0 Å². The molecule has 1 heterocycles. The lowest BCUT2D eigenvalue weighted by atomic mass is 10.1. The van der Waals surface area contributed by atoms with Crippen LogP contribution in [0.2, 0.25) is 0 Å². The molecule has 5 nitrogen and oxygen atoms in total. The van der Waals surface area contributed by atoms with E-state index in [9.17, 15) is 9.59 Å². The lowest BCUT2D eigenvalue weighted by molar-refractivity contribution is -0.145. The van der Waals surface area contributed by atoms with Crippen LogP contribution in [0.1, 0.15) is 34.6 Å². The summed E-state index contributed by atoms with van der Waals surface area (Å²) in [4.78, 5) is 22.8. The minimum absolute atomic E-state index is 0.345. The maximum Gasteiger partial charge on any atom is 0.408 e. The molecule has 17 heavy (non-hydrogen) atoms. The molecule has 0 saturated heterocycles. The Morgan fingerprint density at radius 2 is 2.06 bits per heavy atom. The number of esters is 1. The van der Waals surface area contributed by atoms with Crippen LogP contribution in [0.15, 0.2) is 11.6 Å². The summed E-state index contributed by atoms with van der Waals surface area (Å²) in [5.41, 5.74) is -0.0543. The first-order chi connectivity index (χ1) is 7.69. The van der Waals surface area contributed by atoms with Gasteiger partial charge in [0.1, 0.15) is 11.7 Å². The van der Waals surface area contributed by atoms with Crippen LogP contribution in [0, 0.1) is 0 Å². The third-order valence-corrected chi connectivity index (χ3v) is 2.23. The molecular weight excluding hydrogens is 222 g/mol. The van der Waals surface area contributed by atoms with E-state index in [4.69, 9.17) is 9.47 Å². The van der Waals surface area contributed by atoms with Gasteiger partial charge in [-0.25, -0.2) is 9.59 Å². The Balaban J connectivity index is 2.63. The fourth-order valence-electron chi connectivity index (χ4n) is 1.41. The second kappa shape index (κ2) is 4.77. The Bertz CT molecular complexity index is 354. The molecule has 5 heteroatoms. The molecule has 1 aliphatic rings. The van der Waals surface area contributed by atoms with Crippen molar-refractivity contribution < 1.29 is 19.1 Å². The van der Waals surface area contributed by atoms with Crippen LogP contribution >= 0.6 is 0 Å². The smallest absolute Gasteiger partial charge is 0.408 e. The van der Waals surface area contributed by atoms with Gasteiger partial charge < -0.3 is 14.8 Å². The minimum atomic E-state index is -0.544. The number of hydrogen-bond donors (Lipinski definition) is 1. The molecule has 1 rings (SSSR count). The molecule has 1 amide bonds. The molecule has 0 saturated carbocycles. The summed E-state index contributed by atoms with van der Waals surface area (Å²) in [6, 6.07) is -0.345. The van der Waals surface area contributed by atoms with Crippen LogP contribution < -0.4 is 5.32 Å². The number of ether oxygens (including phenoxy) is 2. The van der Waals surface area contributed by atoms with Crippen molar-refractivity contribution in [3.05, 3.63) is 11.6 Å². The van der Waals surface area contributed by atoms with Crippen molar-refractivity contribution in [2.75, 3.05) is 0 Å². The van der Waals surface area contributed by atoms with Gasteiger partial charge in [0.05, 0.1) is 6.04 Å². The fraction of sp³-hybridized carbons (Fsp3) is 0.667. The molecule has 0 aliphatic carbocycles. The van der Waals surface area contributed by atoms with Gasteiger partial charge in [0.2, 0.25) is 0 Å². The number of rotatable bonds is 1. The Kier molecular flexibility index (Phi) is 3.80. The van der Waals surface area contributed by atoms with Crippen molar-refractivity contribution >= 4 is 12.1 Å². The number of cyclic esters (lactones) is 1. The number of amides is 1. The summed E-state index contributed by atoms with van der Waals surface area (Å²) in [7, 11) is 0. The number of carbonyl (C=O) groups excluding carboxylic acids is 2. The van der Waals surface area contributed by atoms with Crippen molar-refractivity contribution in [1.29, 1.82) is 0 Å². The molecule has 0 aromatic rings. The fourth-order valence-corrected chi connectivity index (χ4v) is 1.41. The van der Waals surface area contributed by atoms with Crippen LogP contribution in [0.4, 0.5) is 4.79 Å². The second-order valence-electron chi connectivity index (χ2n) is 5.13. The summed E-state index contributed by atoms with van der Waals surface area (Å²) in [5, 5.41) is 2.66. The predicted octanol–water partition coefficient (Wildman–Crippen LogP) is 1.77. The highest BCUT2D eigenvalue weighted by atomic mass is 16.6. The minimum Gasteiger partial charge on any atom is -0.457 e. The number of nitrogens with one attached hydrogen (secondary N) is 1. The first-order valence-electron chi connectivity index (χ1n) is 5.58. The predicted molar refractivity (Wildman–Crippen MR) is 62.5 cm³/mol. The molecule has 0 radical (unpaired) electrons. The summed E-state index contributed by atoms with van der Waals surface area (Å²) in [6.07, 6.45) is 0.774. The van der Waals surface area contributed by atoms with Crippen LogP contribution in [-0.4, -0.2) is 29.8 Å². The van der Waals surface area contributed by atoms with Crippen LogP contribution in [0.5, 0.6) is 0 Å². The molecule has 0 unspecified atom stereocenters. The summed E-state index contributed by atoms with van der Waals surface area (Å²) in [6.45, 7) is 8.74. The van der Waals surface area contributed by atoms with Gasteiger partial charge in [-0.1, -0.05) is 0 Å². The van der Waals surface area contributed by atoms with E-state index in [1.807, 2.05) is 0 Å². The van der Waals surface area contributed by atoms with E-state index in [0.717, 1.165) is 0 Å². The highest BCUT2D eigenvalue weighted by Crippen LogP contribution is 2.15. The molecular formula is C12H19NO4. The molecule has 96 valence electrons. The van der Waals surface area contributed by atoms with Gasteiger partial charge in [-0.3, -0.25) is 0 Å². The zero-order valence-electron chi connectivity index (χ0n) is 10.9. The SMILES string of the molecule is CC1=C[C@@H](NC(=O)OC(C)(C)C)[C@@H](C)OC1=O. The van der Waals surface area contributed by atoms with Crippen molar-refractivity contribution in [2.24, 2.45) is 0 Å². The zero-order valence-corrected chi connectivity index (χ0v) is 10.9. The summed E-state index contributed by atoms with van der Waals surface area (Å²) < 4.78 is 10.2. The highest BCUT2D eigenvalue weighted by molar-refractivity contribution is 5.89. The maximum atomic E-state index is 11.6. The Morgan fingerprint density at radius 3 is 2.59 bits per heavy atom. The topological polar surface area (TPSA) is 64.6 Å². The zero-order chi connectivity index (χ0) is 13.2. The van der Waals surface area contributed by atoms with E-state index in [2.05, 4.69) is 5.32 Å². The Hall–Kier alpha value is -1.52. The summed E-state index contributed by atoms with van der Waals surface area (Å²) >= 11 is 0.